The first-order valence-corrected chi connectivity index (χ1v) is 6.60. The van der Waals surface area contributed by atoms with Crippen LogP contribution in [0.1, 0.15) is 37.7 Å². The highest BCUT2D eigenvalue weighted by molar-refractivity contribution is 5.97. The minimum absolute atomic E-state index is 0.0882. The molecule has 1 aliphatic carbocycles. The van der Waals surface area contributed by atoms with Crippen molar-refractivity contribution < 1.29 is 9.18 Å². The second-order valence-electron chi connectivity index (χ2n) is 4.83. The van der Waals surface area contributed by atoms with Crippen LogP contribution in [-0.2, 0) is 4.79 Å². The van der Waals surface area contributed by atoms with E-state index in [2.05, 4.69) is 11.2 Å². The Morgan fingerprint density at radius 2 is 2.11 bits per heavy atom. The number of anilines is 1. The van der Waals surface area contributed by atoms with E-state index in [9.17, 15) is 9.18 Å². The normalized spacial score (nSPS) is 18.9. The first kappa shape index (κ1) is 12.1. The number of hydrazone groups is 1. The van der Waals surface area contributed by atoms with Crippen molar-refractivity contribution >= 4 is 23.4 Å². The molecule has 0 bridgehead atoms. The van der Waals surface area contributed by atoms with Crippen molar-refractivity contribution in [2.45, 2.75) is 32.1 Å². The number of nitrogens with zero attached hydrogens (tertiary/aromatic N) is 2. The summed E-state index contributed by atoms with van der Waals surface area (Å²) in [5, 5.41) is 5.30. The van der Waals surface area contributed by atoms with Crippen LogP contribution in [0.3, 0.4) is 0 Å². The smallest absolute Gasteiger partial charge is 0.247 e. The molecule has 0 saturated carbocycles. The molecule has 1 aromatic carbocycles. The van der Waals surface area contributed by atoms with Crippen LogP contribution in [0.4, 0.5) is 10.1 Å². The van der Waals surface area contributed by atoms with E-state index in [1.807, 2.05) is 0 Å². The van der Waals surface area contributed by atoms with Crippen LogP contribution in [0.15, 0.2) is 29.4 Å². The number of carbonyl (C=O) groups excluding carboxylic acids is 1. The van der Waals surface area contributed by atoms with Crippen LogP contribution in [0, 0.1) is 5.82 Å². The summed E-state index contributed by atoms with van der Waals surface area (Å²) in [5.74, 6) is -0.367. The number of hydrogen-bond donors (Lipinski definition) is 0. The minimum Gasteiger partial charge on any atom is -0.273 e. The Bertz CT molecular complexity index is 578. The van der Waals surface area contributed by atoms with Gasteiger partial charge in [-0.2, -0.15) is 5.10 Å². The van der Waals surface area contributed by atoms with Gasteiger partial charge >= 0.3 is 0 Å². The number of hydrogen-bond acceptors (Lipinski definition) is 2. The van der Waals surface area contributed by atoms with E-state index in [-0.39, 0.29) is 11.7 Å². The predicted molar refractivity (Wildman–Crippen MR) is 73.4 cm³/mol. The highest BCUT2D eigenvalue weighted by atomic mass is 19.1. The zero-order valence-corrected chi connectivity index (χ0v) is 10.6. The minimum atomic E-state index is -0.278. The number of allylic oxidation sites excluding steroid dienone is 2. The molecule has 1 heterocycles. The van der Waals surface area contributed by atoms with Crippen molar-refractivity contribution in [1.82, 2.24) is 0 Å². The highest BCUT2D eigenvalue weighted by Gasteiger charge is 2.19. The van der Waals surface area contributed by atoms with E-state index in [0.717, 1.165) is 24.8 Å². The molecule has 1 amide bonds. The summed E-state index contributed by atoms with van der Waals surface area (Å²) in [7, 11) is 0. The Balaban J connectivity index is 1.92. The summed E-state index contributed by atoms with van der Waals surface area (Å²) in [5.41, 5.74) is 2.22. The van der Waals surface area contributed by atoms with Crippen molar-refractivity contribution in [3.8, 4) is 0 Å². The maximum atomic E-state index is 14.2. The van der Waals surface area contributed by atoms with Crippen LogP contribution < -0.4 is 5.01 Å². The standard InChI is InChI=1S/C15H15FN2O/c16-14-10-12(18-15(19)6-3-9-17-18)7-8-13(14)11-4-1-2-5-11/h4,7-10H,1-3,5-6H2. The molecule has 3 nitrogen and oxygen atoms in total. The maximum Gasteiger partial charge on any atom is 0.247 e. The lowest BCUT2D eigenvalue weighted by molar-refractivity contribution is -0.118. The molecule has 0 aromatic heterocycles. The van der Waals surface area contributed by atoms with E-state index >= 15 is 0 Å². The van der Waals surface area contributed by atoms with E-state index in [1.54, 1.807) is 18.3 Å². The third-order valence-corrected chi connectivity index (χ3v) is 3.50. The van der Waals surface area contributed by atoms with Crippen LogP contribution in [0.2, 0.25) is 0 Å². The van der Waals surface area contributed by atoms with E-state index < -0.39 is 0 Å². The molecule has 98 valence electrons. The van der Waals surface area contributed by atoms with Crippen LogP contribution >= 0.6 is 0 Å². The third-order valence-electron chi connectivity index (χ3n) is 3.50. The Labute approximate surface area is 111 Å². The van der Waals surface area contributed by atoms with Gasteiger partial charge in [0.05, 0.1) is 5.69 Å². The van der Waals surface area contributed by atoms with Gasteiger partial charge in [-0.3, -0.25) is 4.79 Å². The fourth-order valence-corrected chi connectivity index (χ4v) is 2.52. The first-order chi connectivity index (χ1) is 9.25. The topological polar surface area (TPSA) is 32.7 Å². The maximum absolute atomic E-state index is 14.2. The van der Waals surface area contributed by atoms with Crippen molar-refractivity contribution in [3.05, 3.63) is 35.7 Å². The number of carbonyl (C=O) groups is 1. The van der Waals surface area contributed by atoms with Gasteiger partial charge in [-0.1, -0.05) is 6.08 Å². The second kappa shape index (κ2) is 4.96. The lowest BCUT2D eigenvalue weighted by Gasteiger charge is -2.20. The van der Waals surface area contributed by atoms with Crippen molar-refractivity contribution in [2.24, 2.45) is 5.10 Å². The summed E-state index contributed by atoms with van der Waals surface area (Å²) >= 11 is 0. The Morgan fingerprint density at radius 1 is 1.21 bits per heavy atom. The molecule has 0 unspecified atom stereocenters. The van der Waals surface area contributed by atoms with Gasteiger partial charge in [-0.15, -0.1) is 0 Å². The molecule has 0 N–H and O–H groups in total. The van der Waals surface area contributed by atoms with Gasteiger partial charge in [0.2, 0.25) is 5.91 Å². The number of amides is 1. The zero-order valence-electron chi connectivity index (χ0n) is 10.6. The zero-order chi connectivity index (χ0) is 13.2. The molecule has 3 rings (SSSR count). The van der Waals surface area contributed by atoms with Gasteiger partial charge < -0.3 is 0 Å². The molecule has 0 spiro atoms. The Hall–Kier alpha value is -1.97. The SMILES string of the molecule is O=C1CCC=NN1c1ccc(C2=CCCC2)c(F)c1. The number of halogens is 1. The molecular weight excluding hydrogens is 243 g/mol. The van der Waals surface area contributed by atoms with E-state index in [0.29, 0.717) is 24.1 Å². The molecule has 0 fully saturated rings. The molecule has 1 aliphatic heterocycles. The third kappa shape index (κ3) is 2.30. The predicted octanol–water partition coefficient (Wildman–Crippen LogP) is 3.51. The Morgan fingerprint density at radius 3 is 2.79 bits per heavy atom. The van der Waals surface area contributed by atoms with Gasteiger partial charge in [0.15, 0.2) is 0 Å². The van der Waals surface area contributed by atoms with Crippen molar-refractivity contribution in [1.29, 1.82) is 0 Å². The van der Waals surface area contributed by atoms with Crippen LogP contribution in [0.25, 0.3) is 5.57 Å². The van der Waals surface area contributed by atoms with Gasteiger partial charge in [-0.05, 0) is 43.4 Å². The van der Waals surface area contributed by atoms with Crippen molar-refractivity contribution in [2.75, 3.05) is 5.01 Å². The molecule has 0 radical (unpaired) electrons. The van der Waals surface area contributed by atoms with E-state index in [1.165, 1.54) is 11.1 Å². The van der Waals surface area contributed by atoms with Gasteiger partial charge in [0, 0.05) is 24.3 Å². The molecule has 19 heavy (non-hydrogen) atoms. The van der Waals surface area contributed by atoms with Crippen LogP contribution in [0.5, 0.6) is 0 Å². The molecule has 0 saturated heterocycles. The second-order valence-corrected chi connectivity index (χ2v) is 4.83. The van der Waals surface area contributed by atoms with Gasteiger partial charge in [0.25, 0.3) is 0 Å². The average molecular weight is 258 g/mol. The number of rotatable bonds is 2. The van der Waals surface area contributed by atoms with E-state index in [4.69, 9.17) is 0 Å². The molecule has 4 heteroatoms. The summed E-state index contributed by atoms with van der Waals surface area (Å²) in [4.78, 5) is 11.7. The molecular formula is C15H15FN2O. The largest absolute Gasteiger partial charge is 0.273 e. The molecule has 2 aliphatic rings. The monoisotopic (exact) mass is 258 g/mol. The summed E-state index contributed by atoms with van der Waals surface area (Å²) < 4.78 is 14.2. The fraction of sp³-hybridized carbons (Fsp3) is 0.333. The molecule has 1 aromatic rings. The van der Waals surface area contributed by atoms with Crippen molar-refractivity contribution in [3.63, 3.8) is 0 Å². The number of benzene rings is 1. The molecule has 0 atom stereocenters. The quantitative estimate of drug-likeness (QED) is 0.799. The Kier molecular flexibility index (Phi) is 3.15. The lowest BCUT2D eigenvalue weighted by atomic mass is 10.0. The lowest BCUT2D eigenvalue weighted by Crippen LogP contribution is -2.28. The van der Waals surface area contributed by atoms with Crippen LogP contribution in [-0.4, -0.2) is 12.1 Å². The summed E-state index contributed by atoms with van der Waals surface area (Å²) in [6.07, 6.45) is 7.89. The summed E-state index contributed by atoms with van der Waals surface area (Å²) in [6.45, 7) is 0. The fourth-order valence-electron chi connectivity index (χ4n) is 2.52. The van der Waals surface area contributed by atoms with Gasteiger partial charge in [0.1, 0.15) is 5.82 Å². The average Bonchev–Trinajstić information content (AvgIpc) is 2.93. The summed E-state index contributed by atoms with van der Waals surface area (Å²) in [6, 6.07) is 4.91. The highest BCUT2D eigenvalue weighted by Crippen LogP contribution is 2.31. The van der Waals surface area contributed by atoms with Gasteiger partial charge in [-0.25, -0.2) is 9.40 Å². The first-order valence-electron chi connectivity index (χ1n) is 6.60.